The van der Waals surface area contributed by atoms with Gasteiger partial charge >= 0.3 is 18.1 Å². The first-order valence-corrected chi connectivity index (χ1v) is 3.30. The summed E-state index contributed by atoms with van der Waals surface area (Å²) in [5.41, 5.74) is 3.81. The first kappa shape index (κ1) is 14.3. The molecule has 7 heteroatoms. The molecule has 1 amide bonds. The summed E-state index contributed by atoms with van der Waals surface area (Å²) in [6, 6.07) is 0. The first-order valence-electron chi connectivity index (χ1n) is 3.30. The molecule has 0 saturated heterocycles. The molecule has 0 aliphatic heterocycles. The molecule has 3 N–H and O–H groups in total. The topological polar surface area (TPSA) is 80.4 Å². The number of alkyl halides is 3. The number of rotatable bonds is 2. The average Bonchev–Trinajstić information content (AvgIpc) is 1.85. The van der Waals surface area contributed by atoms with E-state index in [0.29, 0.717) is 6.42 Å². The van der Waals surface area contributed by atoms with Gasteiger partial charge < -0.3 is 10.8 Å². The van der Waals surface area contributed by atoms with E-state index < -0.39 is 18.1 Å². The number of amides is 1. The molecule has 0 rings (SSSR count). The summed E-state index contributed by atoms with van der Waals surface area (Å²) in [7, 11) is 0. The number of nitrogens with two attached hydrogens (primary N) is 1. The minimum absolute atomic E-state index is 0.292. The molecule has 0 saturated carbocycles. The third-order valence-electron chi connectivity index (χ3n) is 0.743. The number of halogens is 3. The van der Waals surface area contributed by atoms with Crippen molar-refractivity contribution in [3.05, 3.63) is 0 Å². The lowest BCUT2D eigenvalue weighted by Crippen LogP contribution is -2.30. The highest BCUT2D eigenvalue weighted by Gasteiger charge is 2.35. The van der Waals surface area contributed by atoms with Crippen LogP contribution < -0.4 is 5.73 Å². The number of carboxylic acid groups (broad SMARTS) is 1. The number of hydrogen-bond acceptors (Lipinski definition) is 2. The minimum Gasteiger partial charge on any atom is -0.481 e. The standard InChI is InChI=1S/C4H8O2.C2H2F3NO/c1-2-3-4(5)6;3-2(4,5)1(6)7/h2-3H2,1H3,(H,5,6);(H2,6,7). The Labute approximate surface area is 72.5 Å². The first-order chi connectivity index (χ1) is 5.71. The van der Waals surface area contributed by atoms with Gasteiger partial charge in [-0.1, -0.05) is 6.92 Å². The van der Waals surface area contributed by atoms with Crippen molar-refractivity contribution in [3.63, 3.8) is 0 Å². The molecule has 0 aliphatic carbocycles. The van der Waals surface area contributed by atoms with Crippen LogP contribution in [-0.4, -0.2) is 23.2 Å². The van der Waals surface area contributed by atoms with Gasteiger partial charge in [0.05, 0.1) is 0 Å². The maximum atomic E-state index is 10.7. The number of carbonyl (C=O) groups is 2. The van der Waals surface area contributed by atoms with Crippen LogP contribution >= 0.6 is 0 Å². The molecular formula is C6H10F3NO3. The summed E-state index contributed by atoms with van der Waals surface area (Å²) in [5, 5.41) is 7.91. The van der Waals surface area contributed by atoms with Crippen molar-refractivity contribution in [1.82, 2.24) is 0 Å². The van der Waals surface area contributed by atoms with E-state index in [0.717, 1.165) is 6.42 Å². The molecule has 0 radical (unpaired) electrons. The zero-order valence-electron chi connectivity index (χ0n) is 6.89. The number of aliphatic carboxylic acids is 1. The quantitative estimate of drug-likeness (QED) is 0.696. The van der Waals surface area contributed by atoms with E-state index in [1.807, 2.05) is 6.92 Å². The van der Waals surface area contributed by atoms with Gasteiger partial charge in [0.15, 0.2) is 0 Å². The lowest BCUT2D eigenvalue weighted by Gasteiger charge is -1.95. The molecular weight excluding hydrogens is 191 g/mol. The van der Waals surface area contributed by atoms with Gasteiger partial charge in [-0.15, -0.1) is 0 Å². The van der Waals surface area contributed by atoms with E-state index >= 15 is 0 Å². The van der Waals surface area contributed by atoms with Crippen LogP contribution in [0.3, 0.4) is 0 Å². The van der Waals surface area contributed by atoms with Gasteiger partial charge in [-0.25, -0.2) is 0 Å². The number of primary amides is 1. The lowest BCUT2D eigenvalue weighted by molar-refractivity contribution is -0.169. The van der Waals surface area contributed by atoms with Gasteiger partial charge in [0.25, 0.3) is 0 Å². The van der Waals surface area contributed by atoms with Crippen LogP contribution in [0.4, 0.5) is 13.2 Å². The van der Waals surface area contributed by atoms with Crippen LogP contribution in [0.5, 0.6) is 0 Å². The van der Waals surface area contributed by atoms with E-state index in [-0.39, 0.29) is 0 Å². The second kappa shape index (κ2) is 6.27. The summed E-state index contributed by atoms with van der Waals surface area (Å²) in [6.45, 7) is 1.84. The predicted molar refractivity (Wildman–Crippen MR) is 37.8 cm³/mol. The molecule has 0 aliphatic rings. The zero-order valence-corrected chi connectivity index (χ0v) is 6.89. The molecule has 0 aromatic rings. The van der Waals surface area contributed by atoms with E-state index in [9.17, 15) is 18.0 Å². The lowest BCUT2D eigenvalue weighted by atomic mass is 10.4. The maximum absolute atomic E-state index is 10.7. The van der Waals surface area contributed by atoms with Crippen molar-refractivity contribution in [3.8, 4) is 0 Å². The van der Waals surface area contributed by atoms with Crippen LogP contribution in [0.2, 0.25) is 0 Å². The van der Waals surface area contributed by atoms with Gasteiger partial charge in [-0.2, -0.15) is 13.2 Å². The highest BCUT2D eigenvalue weighted by Crippen LogP contribution is 2.11. The van der Waals surface area contributed by atoms with E-state index in [1.165, 1.54) is 0 Å². The largest absolute Gasteiger partial charge is 0.481 e. The summed E-state index contributed by atoms with van der Waals surface area (Å²) in [6.07, 6.45) is -3.84. The minimum atomic E-state index is -4.86. The van der Waals surface area contributed by atoms with Gasteiger partial charge in [-0.05, 0) is 6.42 Å². The van der Waals surface area contributed by atoms with Crippen LogP contribution in [-0.2, 0) is 9.59 Å². The Morgan fingerprint density at radius 1 is 1.38 bits per heavy atom. The maximum Gasteiger partial charge on any atom is 0.470 e. The Hall–Kier alpha value is -1.27. The molecule has 0 aromatic carbocycles. The van der Waals surface area contributed by atoms with E-state index in [4.69, 9.17) is 9.90 Å². The number of carbonyl (C=O) groups excluding carboxylic acids is 1. The zero-order chi connectivity index (χ0) is 11.1. The SMILES string of the molecule is CCCC(=O)O.NC(=O)C(F)(F)F. The second-order valence-electron chi connectivity index (χ2n) is 2.01. The van der Waals surface area contributed by atoms with Crippen LogP contribution in [0.1, 0.15) is 19.8 Å². The fourth-order valence-electron chi connectivity index (χ4n) is 0.214. The van der Waals surface area contributed by atoms with Crippen molar-refractivity contribution >= 4 is 11.9 Å². The van der Waals surface area contributed by atoms with Gasteiger partial charge in [0.1, 0.15) is 0 Å². The highest BCUT2D eigenvalue weighted by atomic mass is 19.4. The third-order valence-corrected chi connectivity index (χ3v) is 0.743. The van der Waals surface area contributed by atoms with E-state index in [1.54, 1.807) is 0 Å². The highest BCUT2D eigenvalue weighted by molar-refractivity contribution is 5.79. The Morgan fingerprint density at radius 3 is 1.69 bits per heavy atom. The van der Waals surface area contributed by atoms with Crippen LogP contribution in [0.15, 0.2) is 0 Å². The summed E-state index contributed by atoms with van der Waals surface area (Å²) in [5.74, 6) is -2.97. The molecule has 0 heterocycles. The monoisotopic (exact) mass is 201 g/mol. The number of carboxylic acids is 1. The number of hydrogen-bond donors (Lipinski definition) is 2. The summed E-state index contributed by atoms with van der Waals surface area (Å²) in [4.78, 5) is 18.7. The van der Waals surface area contributed by atoms with Crippen molar-refractivity contribution < 1.29 is 27.9 Å². The molecule has 0 atom stereocenters. The second-order valence-corrected chi connectivity index (χ2v) is 2.01. The Balaban J connectivity index is 0. The van der Waals surface area contributed by atoms with Crippen molar-refractivity contribution in [2.24, 2.45) is 5.73 Å². The fourth-order valence-corrected chi connectivity index (χ4v) is 0.214. The van der Waals surface area contributed by atoms with Crippen molar-refractivity contribution in [2.75, 3.05) is 0 Å². The third kappa shape index (κ3) is 13.7. The van der Waals surface area contributed by atoms with Gasteiger partial charge in [-0.3, -0.25) is 9.59 Å². The molecule has 4 nitrogen and oxygen atoms in total. The average molecular weight is 201 g/mol. The summed E-state index contributed by atoms with van der Waals surface area (Å²) < 4.78 is 32.1. The van der Waals surface area contributed by atoms with Crippen molar-refractivity contribution in [2.45, 2.75) is 25.9 Å². The Morgan fingerprint density at radius 2 is 1.69 bits per heavy atom. The normalized spacial score (nSPS) is 9.85. The predicted octanol–water partition coefficient (Wildman–Crippen LogP) is 0.905. The molecule has 13 heavy (non-hydrogen) atoms. The van der Waals surface area contributed by atoms with Gasteiger partial charge in [0, 0.05) is 6.42 Å². The molecule has 0 fully saturated rings. The van der Waals surface area contributed by atoms with Crippen LogP contribution in [0, 0.1) is 0 Å². The van der Waals surface area contributed by atoms with E-state index in [2.05, 4.69) is 5.73 Å². The fraction of sp³-hybridized carbons (Fsp3) is 0.667. The Bertz CT molecular complexity index is 178. The Kier molecular flexibility index (Phi) is 6.88. The molecule has 0 unspecified atom stereocenters. The molecule has 0 aromatic heterocycles. The van der Waals surface area contributed by atoms with Crippen LogP contribution in [0.25, 0.3) is 0 Å². The molecule has 78 valence electrons. The van der Waals surface area contributed by atoms with Gasteiger partial charge in [0.2, 0.25) is 0 Å². The summed E-state index contributed by atoms with van der Waals surface area (Å²) >= 11 is 0. The smallest absolute Gasteiger partial charge is 0.470 e. The molecule has 0 spiro atoms. The van der Waals surface area contributed by atoms with Crippen molar-refractivity contribution in [1.29, 1.82) is 0 Å². The molecule has 0 bridgehead atoms.